The number of benzene rings is 1. The van der Waals surface area contributed by atoms with E-state index in [0.29, 0.717) is 22.8 Å². The molecular formula is C19H16N4O2. The first kappa shape index (κ1) is 16.4. The summed E-state index contributed by atoms with van der Waals surface area (Å²) >= 11 is 0. The molecule has 0 atom stereocenters. The lowest BCUT2D eigenvalue weighted by molar-refractivity contribution is 0.0519. The van der Waals surface area contributed by atoms with Gasteiger partial charge in [0.2, 0.25) is 0 Å². The number of aryl methyl sites for hydroxylation is 1. The number of terminal acetylenes is 1. The first-order chi connectivity index (χ1) is 12.1. The molecule has 0 aliphatic rings. The standard InChI is InChI=1S/C19H16N4O2/c1-4-13-7-6-8-14(11-13)18-20-16(15-9-10-23(3)22-15)12-17(21-18)19(24)25-5-2/h1,6-12H,5H2,2-3H3. The van der Waals surface area contributed by atoms with Crippen molar-refractivity contribution in [1.29, 1.82) is 0 Å². The number of aromatic nitrogens is 4. The van der Waals surface area contributed by atoms with Crippen molar-refractivity contribution in [3.8, 4) is 35.1 Å². The number of hydrogen-bond donors (Lipinski definition) is 0. The summed E-state index contributed by atoms with van der Waals surface area (Å²) in [5, 5.41) is 4.34. The highest BCUT2D eigenvalue weighted by molar-refractivity contribution is 5.89. The molecular weight excluding hydrogens is 316 g/mol. The van der Waals surface area contributed by atoms with Gasteiger partial charge in [0.1, 0.15) is 5.69 Å². The summed E-state index contributed by atoms with van der Waals surface area (Å²) in [6.45, 7) is 2.01. The molecule has 0 saturated heterocycles. The second kappa shape index (κ2) is 6.97. The Hall–Kier alpha value is -3.46. The maximum atomic E-state index is 12.2. The second-order valence-electron chi connectivity index (χ2n) is 5.28. The Morgan fingerprint density at radius 3 is 2.76 bits per heavy atom. The van der Waals surface area contributed by atoms with Gasteiger partial charge in [-0.25, -0.2) is 14.8 Å². The number of rotatable bonds is 4. The molecule has 0 spiro atoms. The molecule has 0 fully saturated rings. The van der Waals surface area contributed by atoms with Gasteiger partial charge in [0, 0.05) is 24.4 Å². The molecule has 124 valence electrons. The summed E-state index contributed by atoms with van der Waals surface area (Å²) < 4.78 is 6.74. The quantitative estimate of drug-likeness (QED) is 0.543. The summed E-state index contributed by atoms with van der Waals surface area (Å²) in [6, 6.07) is 10.7. The molecule has 0 amide bonds. The van der Waals surface area contributed by atoms with Gasteiger partial charge in [-0.1, -0.05) is 18.1 Å². The molecule has 2 aromatic heterocycles. The smallest absolute Gasteiger partial charge is 0.357 e. The lowest BCUT2D eigenvalue weighted by atomic mass is 10.1. The lowest BCUT2D eigenvalue weighted by Gasteiger charge is -2.07. The number of carbonyl (C=O) groups is 1. The van der Waals surface area contributed by atoms with Crippen molar-refractivity contribution in [2.75, 3.05) is 6.61 Å². The van der Waals surface area contributed by atoms with Crippen LogP contribution in [0.15, 0.2) is 42.6 Å². The van der Waals surface area contributed by atoms with Crippen molar-refractivity contribution in [3.63, 3.8) is 0 Å². The number of esters is 1. The number of hydrogen-bond acceptors (Lipinski definition) is 5. The fourth-order valence-electron chi connectivity index (χ4n) is 2.32. The molecule has 6 nitrogen and oxygen atoms in total. The Labute approximate surface area is 145 Å². The molecule has 1 aromatic carbocycles. The Morgan fingerprint density at radius 1 is 1.24 bits per heavy atom. The molecule has 0 bridgehead atoms. The zero-order chi connectivity index (χ0) is 17.8. The van der Waals surface area contributed by atoms with Crippen LogP contribution in [-0.4, -0.2) is 32.3 Å². The van der Waals surface area contributed by atoms with Gasteiger partial charge >= 0.3 is 5.97 Å². The van der Waals surface area contributed by atoms with E-state index in [9.17, 15) is 4.79 Å². The molecule has 0 aliphatic carbocycles. The zero-order valence-corrected chi connectivity index (χ0v) is 13.9. The molecule has 2 heterocycles. The molecule has 25 heavy (non-hydrogen) atoms. The van der Waals surface area contributed by atoms with Gasteiger partial charge < -0.3 is 4.74 Å². The van der Waals surface area contributed by atoms with Crippen LogP contribution in [-0.2, 0) is 11.8 Å². The van der Waals surface area contributed by atoms with E-state index in [0.717, 1.165) is 5.56 Å². The van der Waals surface area contributed by atoms with Crippen LogP contribution in [0.5, 0.6) is 0 Å². The van der Waals surface area contributed by atoms with Crippen LogP contribution in [0.25, 0.3) is 22.8 Å². The van der Waals surface area contributed by atoms with E-state index in [1.165, 1.54) is 0 Å². The van der Waals surface area contributed by atoms with Crippen LogP contribution in [0.2, 0.25) is 0 Å². The summed E-state index contributed by atoms with van der Waals surface area (Å²) in [4.78, 5) is 21.1. The van der Waals surface area contributed by atoms with E-state index in [1.807, 2.05) is 31.3 Å². The molecule has 0 unspecified atom stereocenters. The van der Waals surface area contributed by atoms with Gasteiger partial charge in [0.05, 0.1) is 12.3 Å². The van der Waals surface area contributed by atoms with Gasteiger partial charge in [0.25, 0.3) is 0 Å². The van der Waals surface area contributed by atoms with Gasteiger partial charge in [-0.3, -0.25) is 4.68 Å². The Morgan fingerprint density at radius 2 is 2.08 bits per heavy atom. The van der Waals surface area contributed by atoms with E-state index in [4.69, 9.17) is 11.2 Å². The molecule has 0 N–H and O–H groups in total. The van der Waals surface area contributed by atoms with E-state index < -0.39 is 5.97 Å². The van der Waals surface area contributed by atoms with Crippen LogP contribution < -0.4 is 0 Å². The third-order valence-electron chi connectivity index (χ3n) is 3.47. The van der Waals surface area contributed by atoms with E-state index in [2.05, 4.69) is 21.0 Å². The first-order valence-electron chi connectivity index (χ1n) is 7.74. The number of ether oxygens (including phenoxy) is 1. The predicted octanol–water partition coefficient (Wildman–Crippen LogP) is 2.70. The summed E-state index contributed by atoms with van der Waals surface area (Å²) in [6.07, 6.45) is 7.27. The minimum absolute atomic E-state index is 0.179. The minimum atomic E-state index is -0.503. The highest BCUT2D eigenvalue weighted by Crippen LogP contribution is 2.22. The lowest BCUT2D eigenvalue weighted by Crippen LogP contribution is -2.09. The highest BCUT2D eigenvalue weighted by Gasteiger charge is 2.16. The molecule has 0 aliphatic heterocycles. The third kappa shape index (κ3) is 3.56. The van der Waals surface area contributed by atoms with E-state index in [-0.39, 0.29) is 12.3 Å². The molecule has 6 heteroatoms. The molecule has 3 rings (SSSR count). The Kier molecular flexibility index (Phi) is 4.57. The first-order valence-corrected chi connectivity index (χ1v) is 7.74. The highest BCUT2D eigenvalue weighted by atomic mass is 16.5. The maximum absolute atomic E-state index is 12.2. The zero-order valence-electron chi connectivity index (χ0n) is 13.9. The monoisotopic (exact) mass is 332 g/mol. The van der Waals surface area contributed by atoms with Crippen LogP contribution >= 0.6 is 0 Å². The summed E-state index contributed by atoms with van der Waals surface area (Å²) in [5.41, 5.74) is 2.80. The largest absolute Gasteiger partial charge is 0.461 e. The molecule has 0 saturated carbocycles. The number of carbonyl (C=O) groups excluding carboxylic acids is 1. The van der Waals surface area contributed by atoms with Crippen molar-refractivity contribution in [3.05, 3.63) is 53.9 Å². The topological polar surface area (TPSA) is 69.9 Å². The van der Waals surface area contributed by atoms with Gasteiger partial charge in [0.15, 0.2) is 11.5 Å². The van der Waals surface area contributed by atoms with Gasteiger partial charge in [-0.2, -0.15) is 5.10 Å². The number of nitrogens with zero attached hydrogens (tertiary/aromatic N) is 4. The van der Waals surface area contributed by atoms with Crippen molar-refractivity contribution in [1.82, 2.24) is 19.7 Å². The van der Waals surface area contributed by atoms with Crippen LogP contribution in [0.4, 0.5) is 0 Å². The maximum Gasteiger partial charge on any atom is 0.357 e. The van der Waals surface area contributed by atoms with Crippen molar-refractivity contribution < 1.29 is 9.53 Å². The summed E-state index contributed by atoms with van der Waals surface area (Å²) in [5.74, 6) is 2.47. The van der Waals surface area contributed by atoms with Crippen molar-refractivity contribution in [2.24, 2.45) is 7.05 Å². The Balaban J connectivity index is 2.15. The van der Waals surface area contributed by atoms with Crippen molar-refractivity contribution >= 4 is 5.97 Å². The Bertz CT molecular complexity index is 970. The summed E-state index contributed by atoms with van der Waals surface area (Å²) in [7, 11) is 1.81. The van der Waals surface area contributed by atoms with Gasteiger partial charge in [-0.05, 0) is 31.2 Å². The molecule has 3 aromatic rings. The van der Waals surface area contributed by atoms with Crippen LogP contribution in [0.3, 0.4) is 0 Å². The van der Waals surface area contributed by atoms with E-state index >= 15 is 0 Å². The SMILES string of the molecule is C#Cc1cccc(-c2nc(C(=O)OCC)cc(-c3ccn(C)n3)n2)c1. The normalized spacial score (nSPS) is 10.3. The van der Waals surface area contributed by atoms with Crippen molar-refractivity contribution in [2.45, 2.75) is 6.92 Å². The second-order valence-corrected chi connectivity index (χ2v) is 5.28. The molecule has 0 radical (unpaired) electrons. The predicted molar refractivity (Wildman–Crippen MR) is 93.6 cm³/mol. The van der Waals surface area contributed by atoms with E-state index in [1.54, 1.807) is 29.9 Å². The fraction of sp³-hybridized carbons (Fsp3) is 0.158. The fourth-order valence-corrected chi connectivity index (χ4v) is 2.32. The van der Waals surface area contributed by atoms with Crippen LogP contribution in [0.1, 0.15) is 23.0 Å². The minimum Gasteiger partial charge on any atom is -0.461 e. The average Bonchev–Trinajstić information content (AvgIpc) is 3.08. The third-order valence-corrected chi connectivity index (χ3v) is 3.47. The van der Waals surface area contributed by atoms with Gasteiger partial charge in [-0.15, -0.1) is 6.42 Å². The van der Waals surface area contributed by atoms with Crippen LogP contribution in [0, 0.1) is 12.3 Å². The average molecular weight is 332 g/mol.